The predicted octanol–water partition coefficient (Wildman–Crippen LogP) is 1.88. The van der Waals surface area contributed by atoms with Crippen LogP contribution in [-0.4, -0.2) is 29.5 Å². The highest BCUT2D eigenvalue weighted by molar-refractivity contribution is 7.16. The number of anilines is 1. The number of carbonyl (C=O) groups is 2. The van der Waals surface area contributed by atoms with E-state index in [1.165, 1.54) is 23.5 Å². The summed E-state index contributed by atoms with van der Waals surface area (Å²) in [6.07, 6.45) is 0. The van der Waals surface area contributed by atoms with E-state index >= 15 is 0 Å². The summed E-state index contributed by atoms with van der Waals surface area (Å²) < 4.78 is 13.0. The average molecular weight is 320 g/mol. The van der Waals surface area contributed by atoms with E-state index in [0.717, 1.165) is 10.4 Å². The van der Waals surface area contributed by atoms with Gasteiger partial charge in [-0.15, -0.1) is 11.3 Å². The first-order valence-electron chi connectivity index (χ1n) is 6.61. The Morgan fingerprint density at radius 2 is 2.14 bits per heavy atom. The van der Waals surface area contributed by atoms with Crippen molar-refractivity contribution in [3.8, 4) is 11.3 Å². The van der Waals surface area contributed by atoms with Crippen LogP contribution in [0.3, 0.4) is 0 Å². The molecule has 1 fully saturated rings. The number of amides is 3. The number of nitrogens with one attached hydrogen (secondary N) is 3. The van der Waals surface area contributed by atoms with Crippen LogP contribution >= 0.6 is 11.3 Å². The van der Waals surface area contributed by atoms with Gasteiger partial charge in [0.2, 0.25) is 0 Å². The molecule has 1 aliphatic rings. The Kier molecular flexibility index (Phi) is 3.76. The van der Waals surface area contributed by atoms with Gasteiger partial charge >= 0.3 is 6.03 Å². The van der Waals surface area contributed by atoms with Crippen LogP contribution in [-0.2, 0) is 4.79 Å². The van der Waals surface area contributed by atoms with E-state index in [0.29, 0.717) is 10.8 Å². The van der Waals surface area contributed by atoms with Crippen molar-refractivity contribution in [3.63, 3.8) is 0 Å². The van der Waals surface area contributed by atoms with Crippen molar-refractivity contribution in [2.24, 2.45) is 0 Å². The number of thiazole rings is 1. The van der Waals surface area contributed by atoms with Crippen molar-refractivity contribution in [2.75, 3.05) is 11.9 Å². The molecule has 22 heavy (non-hydrogen) atoms. The highest BCUT2D eigenvalue weighted by Gasteiger charge is 2.27. The minimum Gasteiger partial charge on any atom is -0.336 e. The molecule has 0 bridgehead atoms. The molecule has 1 aromatic heterocycles. The van der Waals surface area contributed by atoms with Crippen LogP contribution in [0.15, 0.2) is 24.3 Å². The van der Waals surface area contributed by atoms with Crippen LogP contribution in [0, 0.1) is 12.7 Å². The molecule has 114 valence electrons. The third kappa shape index (κ3) is 2.91. The van der Waals surface area contributed by atoms with Gasteiger partial charge in [-0.05, 0) is 31.2 Å². The molecule has 3 rings (SSSR count). The van der Waals surface area contributed by atoms with Crippen LogP contribution in [0.4, 0.5) is 14.3 Å². The number of hydrogen-bond donors (Lipinski definition) is 3. The fourth-order valence-corrected chi connectivity index (χ4v) is 2.97. The summed E-state index contributed by atoms with van der Waals surface area (Å²) in [4.78, 5) is 28.3. The molecule has 6 nitrogen and oxygen atoms in total. The van der Waals surface area contributed by atoms with Gasteiger partial charge in [-0.1, -0.05) is 0 Å². The van der Waals surface area contributed by atoms with Gasteiger partial charge in [0.1, 0.15) is 11.9 Å². The smallest absolute Gasteiger partial charge is 0.315 e. The topological polar surface area (TPSA) is 83.1 Å². The lowest BCUT2D eigenvalue weighted by atomic mass is 10.1. The largest absolute Gasteiger partial charge is 0.336 e. The Hall–Kier alpha value is -2.48. The van der Waals surface area contributed by atoms with E-state index in [1.54, 1.807) is 12.1 Å². The molecule has 3 N–H and O–H groups in total. The number of benzene rings is 1. The summed E-state index contributed by atoms with van der Waals surface area (Å²) in [6.45, 7) is 2.13. The third-order valence-corrected chi connectivity index (χ3v) is 4.12. The van der Waals surface area contributed by atoms with E-state index in [1.807, 2.05) is 6.92 Å². The molecule has 8 heteroatoms. The zero-order valence-electron chi connectivity index (χ0n) is 11.6. The molecule has 0 radical (unpaired) electrons. The summed E-state index contributed by atoms with van der Waals surface area (Å²) in [7, 11) is 0. The van der Waals surface area contributed by atoms with Gasteiger partial charge in [0.25, 0.3) is 5.91 Å². The molecule has 2 heterocycles. The van der Waals surface area contributed by atoms with Crippen LogP contribution in [0.5, 0.6) is 0 Å². The molecule has 0 unspecified atom stereocenters. The van der Waals surface area contributed by atoms with Crippen molar-refractivity contribution < 1.29 is 14.0 Å². The molecule has 3 amide bonds. The van der Waals surface area contributed by atoms with E-state index in [2.05, 4.69) is 20.9 Å². The first-order valence-corrected chi connectivity index (χ1v) is 7.43. The maximum atomic E-state index is 13.0. The van der Waals surface area contributed by atoms with Gasteiger partial charge < -0.3 is 16.0 Å². The summed E-state index contributed by atoms with van der Waals surface area (Å²) >= 11 is 1.33. The number of carbonyl (C=O) groups excluding carboxylic acids is 2. The van der Waals surface area contributed by atoms with Crippen LogP contribution < -0.4 is 16.0 Å². The minimum absolute atomic E-state index is 0.250. The highest BCUT2D eigenvalue weighted by Crippen LogP contribution is 2.30. The number of urea groups is 1. The van der Waals surface area contributed by atoms with Crippen LogP contribution in [0.2, 0.25) is 0 Å². The first-order chi connectivity index (χ1) is 10.5. The Morgan fingerprint density at radius 3 is 2.77 bits per heavy atom. The summed E-state index contributed by atoms with van der Waals surface area (Å²) in [5.74, 6) is -0.632. The van der Waals surface area contributed by atoms with Gasteiger partial charge in [0.15, 0.2) is 5.13 Å². The number of hydrogen-bond acceptors (Lipinski definition) is 4. The maximum absolute atomic E-state index is 13.0. The van der Waals surface area contributed by atoms with Gasteiger partial charge in [0, 0.05) is 17.0 Å². The molecule has 0 saturated carbocycles. The van der Waals surface area contributed by atoms with E-state index in [-0.39, 0.29) is 24.3 Å². The number of nitrogens with zero attached hydrogens (tertiary/aromatic N) is 1. The lowest BCUT2D eigenvalue weighted by molar-refractivity contribution is -0.117. The maximum Gasteiger partial charge on any atom is 0.315 e. The van der Waals surface area contributed by atoms with Gasteiger partial charge in [0.05, 0.1) is 5.69 Å². The van der Waals surface area contributed by atoms with Crippen molar-refractivity contribution >= 4 is 28.4 Å². The molecule has 1 saturated heterocycles. The van der Waals surface area contributed by atoms with Crippen molar-refractivity contribution in [1.82, 2.24) is 15.6 Å². The van der Waals surface area contributed by atoms with Gasteiger partial charge in [-0.3, -0.25) is 4.79 Å². The number of aromatic nitrogens is 1. The first kappa shape index (κ1) is 14.5. The number of aryl methyl sites for hydroxylation is 1. The minimum atomic E-state index is -0.606. The van der Waals surface area contributed by atoms with E-state index in [4.69, 9.17) is 0 Å². The predicted molar refractivity (Wildman–Crippen MR) is 81.2 cm³/mol. The summed E-state index contributed by atoms with van der Waals surface area (Å²) in [6, 6.07) is 5.06. The Labute approximate surface area is 129 Å². The zero-order chi connectivity index (χ0) is 15.7. The normalized spacial score (nSPS) is 17.0. The second-order valence-corrected chi connectivity index (χ2v) is 6.03. The Bertz CT molecular complexity index is 729. The molecule has 1 aromatic carbocycles. The quantitative estimate of drug-likeness (QED) is 0.807. The monoisotopic (exact) mass is 320 g/mol. The third-order valence-electron chi connectivity index (χ3n) is 3.23. The molecule has 0 aliphatic carbocycles. The highest BCUT2D eigenvalue weighted by atomic mass is 32.1. The molecule has 0 spiro atoms. The number of rotatable bonds is 3. The molecule has 2 aromatic rings. The molecule has 1 atom stereocenters. The summed E-state index contributed by atoms with van der Waals surface area (Å²) in [5.41, 5.74) is 1.49. The SMILES string of the molecule is Cc1sc(NC(=O)[C@H]2CNC(=O)N2)nc1-c1ccc(F)cc1. The fourth-order valence-electron chi connectivity index (χ4n) is 2.13. The van der Waals surface area contributed by atoms with Crippen molar-refractivity contribution in [1.29, 1.82) is 0 Å². The lowest BCUT2D eigenvalue weighted by Gasteiger charge is -2.06. The second kappa shape index (κ2) is 5.72. The van der Waals surface area contributed by atoms with Crippen molar-refractivity contribution in [2.45, 2.75) is 13.0 Å². The van der Waals surface area contributed by atoms with Crippen molar-refractivity contribution in [3.05, 3.63) is 35.0 Å². The second-order valence-electron chi connectivity index (χ2n) is 4.83. The lowest BCUT2D eigenvalue weighted by Crippen LogP contribution is -2.38. The van der Waals surface area contributed by atoms with E-state index < -0.39 is 6.04 Å². The average Bonchev–Trinajstić information content (AvgIpc) is 3.06. The number of halogens is 1. The van der Waals surface area contributed by atoms with Gasteiger partial charge in [-0.25, -0.2) is 14.2 Å². The fraction of sp³-hybridized carbons (Fsp3) is 0.214. The molecule has 1 aliphatic heterocycles. The Balaban J connectivity index is 1.76. The zero-order valence-corrected chi connectivity index (χ0v) is 12.5. The Morgan fingerprint density at radius 1 is 1.41 bits per heavy atom. The van der Waals surface area contributed by atoms with Crippen LogP contribution in [0.1, 0.15) is 4.88 Å². The standard InChI is InChI=1S/C14H13FN4O2S/c1-7-11(8-2-4-9(15)5-3-8)18-14(22-7)19-12(20)10-6-16-13(21)17-10/h2-5,10H,6H2,1H3,(H2,16,17,21)(H,18,19,20)/t10-/m1/s1. The van der Waals surface area contributed by atoms with E-state index in [9.17, 15) is 14.0 Å². The van der Waals surface area contributed by atoms with Crippen LogP contribution in [0.25, 0.3) is 11.3 Å². The van der Waals surface area contributed by atoms with Gasteiger partial charge in [-0.2, -0.15) is 0 Å². The molecular weight excluding hydrogens is 307 g/mol. The molecular formula is C14H13FN4O2S. The summed E-state index contributed by atoms with van der Waals surface area (Å²) in [5, 5.41) is 8.16.